The minimum Gasteiger partial charge on any atom is -0.335 e. The molecule has 9 heteroatoms. The Morgan fingerprint density at radius 3 is 2.39 bits per heavy atom. The first-order valence-corrected chi connectivity index (χ1v) is 10.6. The fraction of sp³-hybridized carbons (Fsp3) is 0.545. The highest BCUT2D eigenvalue weighted by molar-refractivity contribution is 5.91. The molecular formula is C22H24F3N5O. The topological polar surface area (TPSA) is 63.4 Å². The van der Waals surface area contributed by atoms with Gasteiger partial charge in [-0.2, -0.15) is 18.2 Å². The Labute approximate surface area is 177 Å². The number of halogens is 3. The van der Waals surface area contributed by atoms with Gasteiger partial charge in [-0.3, -0.25) is 4.79 Å². The number of amides is 1. The molecule has 3 heterocycles. The van der Waals surface area contributed by atoms with Crippen molar-refractivity contribution in [2.24, 2.45) is 29.6 Å². The predicted octanol–water partition coefficient (Wildman–Crippen LogP) is 3.76. The van der Waals surface area contributed by atoms with Crippen LogP contribution in [0.4, 0.5) is 13.2 Å². The van der Waals surface area contributed by atoms with Gasteiger partial charge < -0.3 is 4.90 Å². The number of carbonyl (C=O) groups excluding carboxylic acids is 1. The second kappa shape index (κ2) is 7.17. The van der Waals surface area contributed by atoms with Crippen LogP contribution in [-0.4, -0.2) is 49.7 Å². The van der Waals surface area contributed by atoms with Gasteiger partial charge in [0.2, 0.25) is 5.82 Å². The van der Waals surface area contributed by atoms with Gasteiger partial charge in [0, 0.05) is 24.5 Å². The smallest absolute Gasteiger partial charge is 0.335 e. The molecule has 3 unspecified atom stereocenters. The molecule has 0 N–H and O–H groups in total. The van der Waals surface area contributed by atoms with Gasteiger partial charge in [-0.1, -0.05) is 24.3 Å². The van der Waals surface area contributed by atoms with Gasteiger partial charge in [-0.05, 0) is 56.4 Å². The van der Waals surface area contributed by atoms with E-state index >= 15 is 0 Å². The van der Waals surface area contributed by atoms with Gasteiger partial charge in [0.25, 0.3) is 11.7 Å². The molecule has 6 nitrogen and oxygen atoms in total. The van der Waals surface area contributed by atoms with Crippen molar-refractivity contribution in [3.05, 3.63) is 47.6 Å². The summed E-state index contributed by atoms with van der Waals surface area (Å²) in [6, 6.07) is 1.87. The van der Waals surface area contributed by atoms with Gasteiger partial charge in [0.05, 0.1) is 5.92 Å². The highest BCUT2D eigenvalue weighted by Gasteiger charge is 2.50. The highest BCUT2D eigenvalue weighted by atomic mass is 19.4. The number of likely N-dealkylation sites (tertiary alicyclic amines) is 1. The molecule has 5 atom stereocenters. The average molecular weight is 431 g/mol. The Hall–Kier alpha value is -2.71. The highest BCUT2D eigenvalue weighted by Crippen LogP contribution is 2.50. The molecule has 1 aliphatic heterocycles. The zero-order valence-electron chi connectivity index (χ0n) is 17.4. The molecule has 2 aliphatic carbocycles. The van der Waals surface area contributed by atoms with Crippen molar-refractivity contribution in [2.75, 3.05) is 13.1 Å². The molecule has 164 valence electrons. The van der Waals surface area contributed by atoms with Crippen LogP contribution in [0, 0.1) is 43.4 Å². The summed E-state index contributed by atoms with van der Waals surface area (Å²) in [5.74, 6) is -1.21. The van der Waals surface area contributed by atoms with E-state index in [1.165, 1.54) is 12.2 Å². The number of fused-ring (bicyclic) bond motifs is 2. The largest absolute Gasteiger partial charge is 0.395 e. The second-order valence-corrected chi connectivity index (χ2v) is 9.06. The fourth-order valence-electron chi connectivity index (χ4n) is 5.63. The number of carbonyl (C=O) groups is 1. The van der Waals surface area contributed by atoms with E-state index < -0.39 is 18.0 Å². The number of nitrogens with zero attached hydrogens (tertiary/aromatic N) is 5. The molecule has 0 radical (unpaired) electrons. The van der Waals surface area contributed by atoms with Crippen LogP contribution in [0.3, 0.4) is 0 Å². The van der Waals surface area contributed by atoms with Gasteiger partial charge in [0.15, 0.2) is 0 Å². The van der Waals surface area contributed by atoms with E-state index in [9.17, 15) is 18.0 Å². The lowest BCUT2D eigenvalue weighted by Crippen LogP contribution is -2.34. The first-order valence-electron chi connectivity index (χ1n) is 10.6. The van der Waals surface area contributed by atoms with E-state index in [2.05, 4.69) is 15.1 Å². The summed E-state index contributed by atoms with van der Waals surface area (Å²) in [5.41, 5.74) is 1.66. The van der Waals surface area contributed by atoms with E-state index in [1.807, 2.05) is 19.9 Å². The Kier molecular flexibility index (Phi) is 4.67. The van der Waals surface area contributed by atoms with Crippen LogP contribution in [0.2, 0.25) is 0 Å². The molecule has 31 heavy (non-hydrogen) atoms. The van der Waals surface area contributed by atoms with Crippen LogP contribution in [0.1, 0.15) is 34.8 Å². The minimum absolute atomic E-state index is 0.0109. The molecular weight excluding hydrogens is 407 g/mol. The third kappa shape index (κ3) is 3.53. The SMILES string of the molecule is Cc1cc(C)n2nc(C(=O)N3C[C@H]4CC(C5C=CC=CC5C(F)(F)F)C[C@H]4C3)nc2n1. The van der Waals surface area contributed by atoms with Crippen molar-refractivity contribution in [2.45, 2.75) is 32.9 Å². The third-order valence-electron chi connectivity index (χ3n) is 6.98. The van der Waals surface area contributed by atoms with E-state index in [0.29, 0.717) is 31.7 Å². The van der Waals surface area contributed by atoms with Crippen LogP contribution in [0.25, 0.3) is 5.78 Å². The summed E-state index contributed by atoms with van der Waals surface area (Å²) in [7, 11) is 0. The molecule has 0 bridgehead atoms. The zero-order chi connectivity index (χ0) is 21.9. The molecule has 0 aromatic carbocycles. The molecule has 1 amide bonds. The fourth-order valence-corrected chi connectivity index (χ4v) is 5.63. The third-order valence-corrected chi connectivity index (χ3v) is 6.98. The standard InChI is InChI=1S/C22H24F3N5O/c1-12-7-13(2)30-21(26-12)27-19(28-30)20(31)29-10-15-8-14(9-16(15)11-29)17-5-3-4-6-18(17)22(23,24)25/h3-7,14-18H,8-11H2,1-2H3/t14?,15-,16+,17?,18?. The van der Waals surface area contributed by atoms with Gasteiger partial charge in [-0.15, -0.1) is 5.10 Å². The molecule has 2 fully saturated rings. The molecule has 0 spiro atoms. The predicted molar refractivity (Wildman–Crippen MR) is 107 cm³/mol. The van der Waals surface area contributed by atoms with Crippen LogP contribution in [0.5, 0.6) is 0 Å². The van der Waals surface area contributed by atoms with Crippen molar-refractivity contribution in [3.8, 4) is 0 Å². The van der Waals surface area contributed by atoms with Crippen molar-refractivity contribution >= 4 is 11.7 Å². The van der Waals surface area contributed by atoms with Crippen molar-refractivity contribution < 1.29 is 18.0 Å². The van der Waals surface area contributed by atoms with Gasteiger partial charge >= 0.3 is 6.18 Å². The lowest BCUT2D eigenvalue weighted by atomic mass is 9.77. The molecule has 1 saturated carbocycles. The number of allylic oxidation sites excluding steroid dienone is 4. The molecule has 5 rings (SSSR count). The molecule has 2 aromatic rings. The summed E-state index contributed by atoms with van der Waals surface area (Å²) in [6.45, 7) is 4.84. The second-order valence-electron chi connectivity index (χ2n) is 9.06. The normalized spacial score (nSPS) is 30.4. The van der Waals surface area contributed by atoms with Crippen LogP contribution < -0.4 is 0 Å². The Morgan fingerprint density at radius 2 is 1.71 bits per heavy atom. The maximum absolute atomic E-state index is 13.5. The number of rotatable bonds is 2. The van der Waals surface area contributed by atoms with Crippen LogP contribution >= 0.6 is 0 Å². The van der Waals surface area contributed by atoms with Gasteiger partial charge in [0.1, 0.15) is 0 Å². The molecule has 2 aromatic heterocycles. The maximum Gasteiger partial charge on any atom is 0.395 e. The van der Waals surface area contributed by atoms with E-state index in [-0.39, 0.29) is 29.5 Å². The number of hydrogen-bond acceptors (Lipinski definition) is 4. The monoisotopic (exact) mass is 431 g/mol. The van der Waals surface area contributed by atoms with Crippen molar-refractivity contribution in [1.29, 1.82) is 0 Å². The summed E-state index contributed by atoms with van der Waals surface area (Å²) in [6.07, 6.45) is 3.40. The number of hydrogen-bond donors (Lipinski definition) is 0. The Bertz CT molecular complexity index is 1070. The first-order chi connectivity index (χ1) is 14.7. The number of alkyl halides is 3. The van der Waals surface area contributed by atoms with Crippen LogP contribution in [0.15, 0.2) is 30.4 Å². The Morgan fingerprint density at radius 1 is 1.03 bits per heavy atom. The maximum atomic E-state index is 13.5. The van der Waals surface area contributed by atoms with E-state index in [4.69, 9.17) is 0 Å². The van der Waals surface area contributed by atoms with Crippen LogP contribution in [-0.2, 0) is 0 Å². The summed E-state index contributed by atoms with van der Waals surface area (Å²) in [5, 5.41) is 4.33. The Balaban J connectivity index is 1.28. The molecule has 1 saturated heterocycles. The summed E-state index contributed by atoms with van der Waals surface area (Å²) >= 11 is 0. The lowest BCUT2D eigenvalue weighted by Gasteiger charge is -2.31. The zero-order valence-corrected chi connectivity index (χ0v) is 17.4. The average Bonchev–Trinajstić information content (AvgIpc) is 3.39. The lowest BCUT2D eigenvalue weighted by molar-refractivity contribution is -0.174. The molecule has 3 aliphatic rings. The summed E-state index contributed by atoms with van der Waals surface area (Å²) < 4.78 is 42.0. The quantitative estimate of drug-likeness (QED) is 0.727. The van der Waals surface area contributed by atoms with E-state index in [0.717, 1.165) is 11.4 Å². The van der Waals surface area contributed by atoms with Gasteiger partial charge in [-0.25, -0.2) is 9.50 Å². The van der Waals surface area contributed by atoms with Crippen molar-refractivity contribution in [3.63, 3.8) is 0 Å². The van der Waals surface area contributed by atoms with Crippen molar-refractivity contribution in [1.82, 2.24) is 24.5 Å². The number of aromatic nitrogens is 4. The summed E-state index contributed by atoms with van der Waals surface area (Å²) in [4.78, 5) is 23.4. The number of aryl methyl sites for hydroxylation is 2. The van der Waals surface area contributed by atoms with E-state index in [1.54, 1.807) is 21.6 Å². The minimum atomic E-state index is -4.23. The first kappa shape index (κ1) is 20.2.